The molecular formula is C21H17N3O2S. The Kier molecular flexibility index (Phi) is 4.66. The minimum absolute atomic E-state index is 0.182. The predicted octanol–water partition coefficient (Wildman–Crippen LogP) is 3.78. The zero-order valence-corrected chi connectivity index (χ0v) is 15.2. The zero-order chi connectivity index (χ0) is 18.7. The number of hydrogen-bond acceptors (Lipinski definition) is 4. The van der Waals surface area contributed by atoms with Gasteiger partial charge in [-0.2, -0.15) is 0 Å². The van der Waals surface area contributed by atoms with E-state index >= 15 is 0 Å². The van der Waals surface area contributed by atoms with Crippen LogP contribution in [-0.4, -0.2) is 18.4 Å². The quantitative estimate of drug-likeness (QED) is 0.576. The maximum Gasteiger partial charge on any atom is 0.241 e. The molecule has 4 rings (SSSR count). The Bertz CT molecular complexity index is 1190. The van der Waals surface area contributed by atoms with Gasteiger partial charge in [-0.05, 0) is 41.3 Å². The largest absolute Gasteiger partial charge is 0.264 e. The first-order valence-corrected chi connectivity index (χ1v) is 9.94. The number of sulfonamides is 1. The molecule has 0 atom stereocenters. The molecule has 27 heavy (non-hydrogen) atoms. The molecule has 6 heteroatoms. The van der Waals surface area contributed by atoms with E-state index in [1.165, 1.54) is 0 Å². The van der Waals surface area contributed by atoms with Gasteiger partial charge in [0.2, 0.25) is 10.0 Å². The standard InChI is InChI=1S/C21H17N3O2S/c25-27(26,21-9-3-6-17-5-1-2-8-19(17)21)24-14-16-10-12-23-20(13-16)18-7-4-11-22-15-18/h1-13,15,24H,14H2. The average molecular weight is 375 g/mol. The molecule has 0 aliphatic carbocycles. The van der Waals surface area contributed by atoms with E-state index in [2.05, 4.69) is 14.7 Å². The van der Waals surface area contributed by atoms with Gasteiger partial charge in [0.15, 0.2) is 0 Å². The van der Waals surface area contributed by atoms with Crippen molar-refractivity contribution in [3.05, 3.63) is 90.9 Å². The van der Waals surface area contributed by atoms with E-state index in [1.807, 2.05) is 48.5 Å². The number of rotatable bonds is 5. The van der Waals surface area contributed by atoms with Crippen molar-refractivity contribution in [1.29, 1.82) is 0 Å². The summed E-state index contributed by atoms with van der Waals surface area (Å²) in [5.41, 5.74) is 2.47. The van der Waals surface area contributed by atoms with Gasteiger partial charge in [-0.25, -0.2) is 13.1 Å². The zero-order valence-electron chi connectivity index (χ0n) is 14.4. The fraction of sp³-hybridized carbons (Fsp3) is 0.0476. The monoisotopic (exact) mass is 375 g/mol. The molecule has 0 aliphatic rings. The second-order valence-electron chi connectivity index (χ2n) is 6.09. The third-order valence-electron chi connectivity index (χ3n) is 4.29. The van der Waals surface area contributed by atoms with Crippen molar-refractivity contribution in [2.24, 2.45) is 0 Å². The van der Waals surface area contributed by atoms with Gasteiger partial charge in [0, 0.05) is 36.1 Å². The van der Waals surface area contributed by atoms with E-state index in [0.717, 1.165) is 22.2 Å². The summed E-state index contributed by atoms with van der Waals surface area (Å²) in [4.78, 5) is 8.71. The second-order valence-corrected chi connectivity index (χ2v) is 7.83. The van der Waals surface area contributed by atoms with Gasteiger partial charge in [0.25, 0.3) is 0 Å². The molecule has 0 fully saturated rings. The Balaban J connectivity index is 1.60. The summed E-state index contributed by atoms with van der Waals surface area (Å²) in [6.07, 6.45) is 5.10. The number of hydrogen-bond donors (Lipinski definition) is 1. The molecule has 0 radical (unpaired) electrons. The van der Waals surface area contributed by atoms with Crippen LogP contribution in [0.5, 0.6) is 0 Å². The van der Waals surface area contributed by atoms with Gasteiger partial charge in [-0.15, -0.1) is 0 Å². The maximum absolute atomic E-state index is 12.8. The maximum atomic E-state index is 12.8. The number of pyridine rings is 2. The van der Waals surface area contributed by atoms with Gasteiger partial charge in [-0.3, -0.25) is 9.97 Å². The minimum Gasteiger partial charge on any atom is -0.264 e. The highest BCUT2D eigenvalue weighted by atomic mass is 32.2. The van der Waals surface area contributed by atoms with E-state index in [9.17, 15) is 8.42 Å². The van der Waals surface area contributed by atoms with E-state index in [-0.39, 0.29) is 11.4 Å². The molecule has 2 aromatic heterocycles. The van der Waals surface area contributed by atoms with E-state index in [1.54, 1.807) is 36.8 Å². The Labute approximate surface area is 157 Å². The summed E-state index contributed by atoms with van der Waals surface area (Å²) in [7, 11) is -3.65. The normalized spacial score (nSPS) is 11.6. The molecule has 0 aliphatic heterocycles. The molecule has 0 unspecified atom stereocenters. The summed E-state index contributed by atoms with van der Waals surface area (Å²) in [5, 5.41) is 1.60. The highest BCUT2D eigenvalue weighted by molar-refractivity contribution is 7.89. The van der Waals surface area contributed by atoms with Crippen molar-refractivity contribution >= 4 is 20.8 Å². The Morgan fingerprint density at radius 3 is 2.59 bits per heavy atom. The molecule has 0 saturated heterocycles. The molecule has 2 heterocycles. The molecule has 5 nitrogen and oxygen atoms in total. The van der Waals surface area contributed by atoms with Crippen molar-refractivity contribution in [2.45, 2.75) is 11.4 Å². The molecule has 134 valence electrons. The summed E-state index contributed by atoms with van der Waals surface area (Å²) in [5.74, 6) is 0. The molecule has 0 amide bonds. The first kappa shape index (κ1) is 17.3. The number of nitrogens with zero attached hydrogens (tertiary/aromatic N) is 2. The summed E-state index contributed by atoms with van der Waals surface area (Å²) in [6.45, 7) is 0.182. The average Bonchev–Trinajstić information content (AvgIpc) is 2.73. The van der Waals surface area contributed by atoms with Gasteiger partial charge in [-0.1, -0.05) is 36.4 Å². The van der Waals surface area contributed by atoms with Gasteiger partial charge < -0.3 is 0 Å². The van der Waals surface area contributed by atoms with Crippen LogP contribution < -0.4 is 4.72 Å². The molecule has 0 bridgehead atoms. The molecule has 0 saturated carbocycles. The summed E-state index contributed by atoms with van der Waals surface area (Å²) in [6, 6.07) is 20.1. The third-order valence-corrected chi connectivity index (χ3v) is 5.75. The SMILES string of the molecule is O=S(=O)(NCc1ccnc(-c2cccnc2)c1)c1cccc2ccccc12. The molecular weight excluding hydrogens is 358 g/mol. The highest BCUT2D eigenvalue weighted by Gasteiger charge is 2.16. The van der Waals surface area contributed by atoms with Crippen molar-refractivity contribution in [1.82, 2.24) is 14.7 Å². The lowest BCUT2D eigenvalue weighted by Crippen LogP contribution is -2.23. The van der Waals surface area contributed by atoms with Gasteiger partial charge >= 0.3 is 0 Å². The first-order chi connectivity index (χ1) is 13.1. The van der Waals surface area contributed by atoms with Crippen LogP contribution >= 0.6 is 0 Å². The van der Waals surface area contributed by atoms with E-state index < -0.39 is 10.0 Å². The van der Waals surface area contributed by atoms with Crippen LogP contribution in [0.4, 0.5) is 0 Å². The molecule has 0 spiro atoms. The lowest BCUT2D eigenvalue weighted by atomic mass is 10.1. The van der Waals surface area contributed by atoms with E-state index in [0.29, 0.717) is 5.39 Å². The fourth-order valence-electron chi connectivity index (χ4n) is 2.94. The lowest BCUT2D eigenvalue weighted by molar-refractivity contribution is 0.582. The minimum atomic E-state index is -3.65. The lowest BCUT2D eigenvalue weighted by Gasteiger charge is -2.10. The number of benzene rings is 2. The van der Waals surface area contributed by atoms with Crippen molar-refractivity contribution in [3.63, 3.8) is 0 Å². The summed E-state index contributed by atoms with van der Waals surface area (Å²) >= 11 is 0. The smallest absolute Gasteiger partial charge is 0.241 e. The van der Waals surface area contributed by atoms with Crippen LogP contribution in [0.25, 0.3) is 22.0 Å². The Hall–Kier alpha value is -3.09. The highest BCUT2D eigenvalue weighted by Crippen LogP contribution is 2.23. The van der Waals surface area contributed by atoms with Crippen molar-refractivity contribution < 1.29 is 8.42 Å². The van der Waals surface area contributed by atoms with Crippen molar-refractivity contribution in [3.8, 4) is 11.3 Å². The summed E-state index contributed by atoms with van der Waals surface area (Å²) < 4.78 is 28.4. The van der Waals surface area contributed by atoms with Crippen LogP contribution in [0.1, 0.15) is 5.56 Å². The predicted molar refractivity (Wildman–Crippen MR) is 105 cm³/mol. The number of nitrogens with one attached hydrogen (secondary N) is 1. The third kappa shape index (κ3) is 3.72. The second kappa shape index (κ2) is 7.26. The van der Waals surface area contributed by atoms with Crippen molar-refractivity contribution in [2.75, 3.05) is 0 Å². The Morgan fingerprint density at radius 1 is 0.889 bits per heavy atom. The van der Waals surface area contributed by atoms with Crippen LogP contribution in [0.3, 0.4) is 0 Å². The van der Waals surface area contributed by atoms with Crippen LogP contribution in [0.15, 0.2) is 90.2 Å². The molecule has 4 aromatic rings. The molecule has 2 aromatic carbocycles. The number of fused-ring (bicyclic) bond motifs is 1. The Morgan fingerprint density at radius 2 is 1.74 bits per heavy atom. The van der Waals surface area contributed by atoms with Gasteiger partial charge in [0.05, 0.1) is 10.6 Å². The number of aromatic nitrogens is 2. The fourth-order valence-corrected chi connectivity index (χ4v) is 4.19. The van der Waals surface area contributed by atoms with Crippen LogP contribution in [0.2, 0.25) is 0 Å². The first-order valence-electron chi connectivity index (χ1n) is 8.46. The topological polar surface area (TPSA) is 72.0 Å². The van der Waals surface area contributed by atoms with Gasteiger partial charge in [0.1, 0.15) is 0 Å². The molecule has 1 N–H and O–H groups in total. The van der Waals surface area contributed by atoms with Crippen LogP contribution in [0, 0.1) is 0 Å². The van der Waals surface area contributed by atoms with E-state index in [4.69, 9.17) is 0 Å². The van der Waals surface area contributed by atoms with Crippen LogP contribution in [-0.2, 0) is 16.6 Å².